The summed E-state index contributed by atoms with van der Waals surface area (Å²) in [5.41, 5.74) is 0. The molecule has 1 fully saturated rings. The van der Waals surface area contributed by atoms with Crippen molar-refractivity contribution in [3.63, 3.8) is 0 Å². The SMILES string of the molecule is C1CNPOC1. The molecule has 1 saturated heterocycles. The lowest BCUT2D eigenvalue weighted by molar-refractivity contribution is 0.329. The minimum Gasteiger partial charge on any atom is -0.346 e. The van der Waals surface area contributed by atoms with Gasteiger partial charge in [-0.15, -0.1) is 0 Å². The van der Waals surface area contributed by atoms with Crippen molar-refractivity contribution in [2.45, 2.75) is 6.42 Å². The zero-order chi connectivity index (χ0) is 4.24. The Bertz CT molecular complexity index is 26.3. The van der Waals surface area contributed by atoms with Crippen molar-refractivity contribution in [2.75, 3.05) is 13.2 Å². The highest BCUT2D eigenvalue weighted by molar-refractivity contribution is 7.29. The van der Waals surface area contributed by atoms with Gasteiger partial charge in [0.25, 0.3) is 0 Å². The molecule has 0 aromatic carbocycles. The fourth-order valence-electron chi connectivity index (χ4n) is 0.386. The fraction of sp³-hybridized carbons (Fsp3) is 1.00. The first-order valence-corrected chi connectivity index (χ1v) is 3.00. The number of rotatable bonds is 0. The quantitative estimate of drug-likeness (QED) is 0.453. The zero-order valence-electron chi connectivity index (χ0n) is 3.53. The molecule has 6 heavy (non-hydrogen) atoms. The van der Waals surface area contributed by atoms with Crippen LogP contribution in [0, 0.1) is 0 Å². The molecule has 0 aromatic rings. The molecular formula is C3H8NOP. The molecular weight excluding hydrogens is 97.0 g/mol. The molecule has 0 radical (unpaired) electrons. The van der Waals surface area contributed by atoms with Crippen LogP contribution in [0.15, 0.2) is 0 Å². The monoisotopic (exact) mass is 105 g/mol. The third-order valence-electron chi connectivity index (χ3n) is 0.693. The van der Waals surface area contributed by atoms with Crippen molar-refractivity contribution in [1.82, 2.24) is 5.09 Å². The van der Waals surface area contributed by atoms with E-state index in [4.69, 9.17) is 4.52 Å². The van der Waals surface area contributed by atoms with Gasteiger partial charge < -0.3 is 4.52 Å². The second-order valence-corrected chi connectivity index (χ2v) is 2.08. The highest BCUT2D eigenvalue weighted by Gasteiger charge is 1.93. The van der Waals surface area contributed by atoms with E-state index in [1.54, 1.807) is 0 Å². The molecule has 1 heterocycles. The Balaban J connectivity index is 2.00. The van der Waals surface area contributed by atoms with Gasteiger partial charge in [-0.3, -0.25) is 5.09 Å². The Morgan fingerprint density at radius 1 is 1.67 bits per heavy atom. The van der Waals surface area contributed by atoms with E-state index in [1.165, 1.54) is 6.42 Å². The molecule has 3 heteroatoms. The molecule has 1 aliphatic heterocycles. The van der Waals surface area contributed by atoms with Gasteiger partial charge in [-0.25, -0.2) is 0 Å². The van der Waals surface area contributed by atoms with E-state index < -0.39 is 0 Å². The lowest BCUT2D eigenvalue weighted by Crippen LogP contribution is -2.12. The molecule has 0 bridgehead atoms. The minimum absolute atomic E-state index is 0.552. The summed E-state index contributed by atoms with van der Waals surface area (Å²) in [5, 5.41) is 3.09. The second kappa shape index (κ2) is 2.51. The Morgan fingerprint density at radius 2 is 2.67 bits per heavy atom. The van der Waals surface area contributed by atoms with Crippen LogP contribution in [-0.4, -0.2) is 13.2 Å². The highest BCUT2D eigenvalue weighted by Crippen LogP contribution is 2.09. The second-order valence-electron chi connectivity index (χ2n) is 1.23. The molecule has 1 atom stereocenters. The molecule has 0 aliphatic carbocycles. The Hall–Kier alpha value is 0.350. The molecule has 1 rings (SSSR count). The molecule has 1 unspecified atom stereocenters. The van der Waals surface area contributed by atoms with Gasteiger partial charge in [0.15, 0.2) is 0 Å². The zero-order valence-corrected chi connectivity index (χ0v) is 4.53. The predicted molar refractivity (Wildman–Crippen MR) is 26.9 cm³/mol. The van der Waals surface area contributed by atoms with Gasteiger partial charge in [-0.05, 0) is 6.42 Å². The van der Waals surface area contributed by atoms with Gasteiger partial charge >= 0.3 is 0 Å². The van der Waals surface area contributed by atoms with Crippen molar-refractivity contribution in [2.24, 2.45) is 0 Å². The van der Waals surface area contributed by atoms with Crippen molar-refractivity contribution in [3.8, 4) is 0 Å². The predicted octanol–water partition coefficient (Wildman–Crippen LogP) is 0.505. The van der Waals surface area contributed by atoms with Crippen LogP contribution in [0.25, 0.3) is 0 Å². The fourth-order valence-corrected chi connectivity index (χ4v) is 1.01. The molecule has 0 spiro atoms. The molecule has 36 valence electrons. The summed E-state index contributed by atoms with van der Waals surface area (Å²) in [6.07, 6.45) is 1.17. The van der Waals surface area contributed by atoms with Crippen LogP contribution in [0.1, 0.15) is 6.42 Å². The Labute approximate surface area is 39.2 Å². The van der Waals surface area contributed by atoms with Crippen molar-refractivity contribution >= 4 is 8.96 Å². The summed E-state index contributed by atoms with van der Waals surface area (Å²) >= 11 is 0. The maximum atomic E-state index is 4.99. The number of hydrogen-bond donors (Lipinski definition) is 1. The van der Waals surface area contributed by atoms with E-state index >= 15 is 0 Å². The van der Waals surface area contributed by atoms with Gasteiger partial charge in [-0.2, -0.15) is 0 Å². The normalized spacial score (nSPS) is 28.0. The van der Waals surface area contributed by atoms with Gasteiger partial charge in [-0.1, -0.05) is 0 Å². The van der Waals surface area contributed by atoms with E-state index in [-0.39, 0.29) is 0 Å². The molecule has 2 nitrogen and oxygen atoms in total. The first kappa shape index (κ1) is 4.51. The van der Waals surface area contributed by atoms with Gasteiger partial charge in [0.1, 0.15) is 0 Å². The molecule has 0 saturated carbocycles. The van der Waals surface area contributed by atoms with Crippen LogP contribution in [0.3, 0.4) is 0 Å². The van der Waals surface area contributed by atoms with Crippen LogP contribution in [0.2, 0.25) is 0 Å². The van der Waals surface area contributed by atoms with E-state index in [0.29, 0.717) is 8.96 Å². The smallest absolute Gasteiger partial charge is 0.0861 e. The average molecular weight is 105 g/mol. The van der Waals surface area contributed by atoms with Crippen molar-refractivity contribution in [1.29, 1.82) is 0 Å². The van der Waals surface area contributed by atoms with Crippen molar-refractivity contribution < 1.29 is 4.52 Å². The number of nitrogens with one attached hydrogen (secondary N) is 1. The van der Waals surface area contributed by atoms with E-state index in [0.717, 1.165) is 13.2 Å². The van der Waals surface area contributed by atoms with E-state index in [1.807, 2.05) is 0 Å². The lowest BCUT2D eigenvalue weighted by Gasteiger charge is -2.09. The lowest BCUT2D eigenvalue weighted by atomic mass is 10.5. The van der Waals surface area contributed by atoms with Gasteiger partial charge in [0.2, 0.25) is 0 Å². The third kappa shape index (κ3) is 1.21. The van der Waals surface area contributed by atoms with E-state index in [2.05, 4.69) is 5.09 Å². The minimum atomic E-state index is 0.552. The molecule has 0 aromatic heterocycles. The third-order valence-corrected chi connectivity index (χ3v) is 1.44. The first-order valence-electron chi connectivity index (χ1n) is 2.10. The first-order chi connectivity index (χ1) is 3.00. The Morgan fingerprint density at radius 3 is 2.83 bits per heavy atom. The summed E-state index contributed by atoms with van der Waals surface area (Å²) < 4.78 is 4.99. The van der Waals surface area contributed by atoms with Gasteiger partial charge in [0.05, 0.1) is 15.6 Å². The summed E-state index contributed by atoms with van der Waals surface area (Å²) in [6, 6.07) is 0. The number of hydrogen-bond acceptors (Lipinski definition) is 2. The summed E-state index contributed by atoms with van der Waals surface area (Å²) in [6.45, 7) is 2.09. The highest BCUT2D eigenvalue weighted by atomic mass is 31.1. The maximum Gasteiger partial charge on any atom is 0.0861 e. The van der Waals surface area contributed by atoms with Crippen LogP contribution in [0.4, 0.5) is 0 Å². The molecule has 1 N–H and O–H groups in total. The molecule has 0 amide bonds. The van der Waals surface area contributed by atoms with Gasteiger partial charge in [0, 0.05) is 6.54 Å². The van der Waals surface area contributed by atoms with Crippen LogP contribution < -0.4 is 5.09 Å². The summed E-state index contributed by atoms with van der Waals surface area (Å²) in [4.78, 5) is 0. The standard InChI is InChI=1S/C3H8NOP/c1-2-4-6-5-3-1/h4,6H,1-3H2. The summed E-state index contributed by atoms with van der Waals surface area (Å²) in [5.74, 6) is 0. The topological polar surface area (TPSA) is 21.3 Å². The summed E-state index contributed by atoms with van der Waals surface area (Å²) in [7, 11) is 0.552. The van der Waals surface area contributed by atoms with Crippen LogP contribution in [0.5, 0.6) is 0 Å². The molecule has 1 aliphatic rings. The average Bonchev–Trinajstić information content (AvgIpc) is 1.72. The Kier molecular flexibility index (Phi) is 1.89. The van der Waals surface area contributed by atoms with Crippen LogP contribution >= 0.6 is 8.96 Å². The largest absolute Gasteiger partial charge is 0.346 e. The van der Waals surface area contributed by atoms with Crippen molar-refractivity contribution in [3.05, 3.63) is 0 Å². The van der Waals surface area contributed by atoms with Crippen LogP contribution in [-0.2, 0) is 4.52 Å². The van der Waals surface area contributed by atoms with E-state index in [9.17, 15) is 0 Å². The maximum absolute atomic E-state index is 4.99.